The van der Waals surface area contributed by atoms with Gasteiger partial charge in [-0.25, -0.2) is 8.42 Å². The van der Waals surface area contributed by atoms with Gasteiger partial charge in [0.25, 0.3) is 0 Å². The van der Waals surface area contributed by atoms with E-state index in [2.05, 4.69) is 4.90 Å². The molecule has 0 bridgehead atoms. The largest absolute Gasteiger partial charge is 0.416 e. The molecule has 28 heavy (non-hydrogen) atoms. The Morgan fingerprint density at radius 2 is 1.68 bits per heavy atom. The maximum atomic E-state index is 13.1. The molecule has 0 N–H and O–H groups in total. The molecule has 0 aliphatic carbocycles. The summed E-state index contributed by atoms with van der Waals surface area (Å²) in [6.45, 7) is 3.23. The molecule has 158 valence electrons. The Hall–Kier alpha value is -0.770. The van der Waals surface area contributed by atoms with E-state index in [1.807, 2.05) is 0 Å². The SMILES string of the molecule is O=S(=O)(Cc1ccc(C(F)(F)F)cc1)N1CCCSCC1CN1CCCCC1. The molecule has 3 rings (SSSR count). The summed E-state index contributed by atoms with van der Waals surface area (Å²) in [5, 5.41) is 0. The molecular weight excluding hydrogens is 409 g/mol. The van der Waals surface area contributed by atoms with Crippen molar-refractivity contribution in [3.8, 4) is 0 Å². The van der Waals surface area contributed by atoms with Crippen LogP contribution >= 0.6 is 11.8 Å². The van der Waals surface area contributed by atoms with Crippen LogP contribution in [0.1, 0.15) is 36.8 Å². The van der Waals surface area contributed by atoms with Gasteiger partial charge in [-0.05, 0) is 55.8 Å². The molecule has 1 atom stereocenters. The molecular formula is C19H27F3N2O2S2. The van der Waals surface area contributed by atoms with Crippen LogP contribution in [0.2, 0.25) is 0 Å². The van der Waals surface area contributed by atoms with Gasteiger partial charge in [-0.1, -0.05) is 18.6 Å². The fourth-order valence-corrected chi connectivity index (χ4v) is 6.77. The molecule has 0 spiro atoms. The molecule has 1 aromatic carbocycles. The van der Waals surface area contributed by atoms with E-state index in [1.54, 1.807) is 16.1 Å². The van der Waals surface area contributed by atoms with E-state index < -0.39 is 21.8 Å². The number of sulfonamides is 1. The van der Waals surface area contributed by atoms with E-state index in [0.29, 0.717) is 12.1 Å². The molecule has 0 radical (unpaired) electrons. The van der Waals surface area contributed by atoms with E-state index in [-0.39, 0.29) is 11.8 Å². The van der Waals surface area contributed by atoms with Crippen molar-refractivity contribution in [1.82, 2.24) is 9.21 Å². The topological polar surface area (TPSA) is 40.6 Å². The van der Waals surface area contributed by atoms with Gasteiger partial charge in [0.05, 0.1) is 11.3 Å². The van der Waals surface area contributed by atoms with Crippen molar-refractivity contribution in [2.45, 2.75) is 43.7 Å². The third-order valence-corrected chi connectivity index (χ3v) is 8.38. The van der Waals surface area contributed by atoms with Crippen molar-refractivity contribution < 1.29 is 21.6 Å². The summed E-state index contributed by atoms with van der Waals surface area (Å²) in [5.74, 6) is 1.44. The number of thioether (sulfide) groups is 1. The summed E-state index contributed by atoms with van der Waals surface area (Å²) < 4.78 is 66.0. The summed E-state index contributed by atoms with van der Waals surface area (Å²) in [5.41, 5.74) is -0.371. The quantitative estimate of drug-likeness (QED) is 0.704. The Kier molecular flexibility index (Phi) is 7.33. The predicted molar refractivity (Wildman–Crippen MR) is 107 cm³/mol. The summed E-state index contributed by atoms with van der Waals surface area (Å²) in [6, 6.07) is 4.37. The van der Waals surface area contributed by atoms with Gasteiger partial charge in [0.2, 0.25) is 10.0 Å². The minimum absolute atomic E-state index is 0.0787. The Bertz CT molecular complexity index is 733. The lowest BCUT2D eigenvalue weighted by Gasteiger charge is -2.35. The van der Waals surface area contributed by atoms with Crippen molar-refractivity contribution in [3.05, 3.63) is 35.4 Å². The number of hydrogen-bond acceptors (Lipinski definition) is 4. The normalized spacial score (nSPS) is 23.5. The lowest BCUT2D eigenvalue weighted by atomic mass is 10.1. The van der Waals surface area contributed by atoms with Crippen molar-refractivity contribution >= 4 is 21.8 Å². The first kappa shape index (κ1) is 21.9. The van der Waals surface area contributed by atoms with Gasteiger partial charge in [-0.2, -0.15) is 29.2 Å². The minimum atomic E-state index is -4.42. The smallest absolute Gasteiger partial charge is 0.302 e. The van der Waals surface area contributed by atoms with Crippen LogP contribution in [0.4, 0.5) is 13.2 Å². The molecule has 0 saturated carbocycles. The fourth-order valence-electron chi connectivity index (χ4n) is 3.84. The predicted octanol–water partition coefficient (Wildman–Crippen LogP) is 3.83. The third-order valence-electron chi connectivity index (χ3n) is 5.29. The molecule has 0 amide bonds. The van der Waals surface area contributed by atoms with Gasteiger partial charge in [0.1, 0.15) is 0 Å². The van der Waals surface area contributed by atoms with E-state index in [1.165, 1.54) is 18.6 Å². The summed E-state index contributed by atoms with van der Waals surface area (Å²) in [7, 11) is -3.60. The maximum absolute atomic E-state index is 13.1. The molecule has 2 aliphatic rings. The van der Waals surface area contributed by atoms with Gasteiger partial charge in [-0.15, -0.1) is 0 Å². The number of halogens is 3. The van der Waals surface area contributed by atoms with E-state index >= 15 is 0 Å². The van der Waals surface area contributed by atoms with Crippen LogP contribution in [0.15, 0.2) is 24.3 Å². The molecule has 2 aliphatic heterocycles. The fraction of sp³-hybridized carbons (Fsp3) is 0.684. The maximum Gasteiger partial charge on any atom is 0.416 e. The Labute approximate surface area is 169 Å². The molecule has 4 nitrogen and oxygen atoms in total. The van der Waals surface area contributed by atoms with Crippen molar-refractivity contribution in [1.29, 1.82) is 0 Å². The van der Waals surface area contributed by atoms with Crippen LogP contribution in [-0.4, -0.2) is 61.3 Å². The highest BCUT2D eigenvalue weighted by atomic mass is 32.2. The molecule has 1 aromatic rings. The number of benzene rings is 1. The van der Waals surface area contributed by atoms with E-state index in [0.717, 1.165) is 62.5 Å². The number of piperidine rings is 1. The molecule has 2 fully saturated rings. The first-order valence-electron chi connectivity index (χ1n) is 9.71. The second kappa shape index (κ2) is 9.36. The zero-order chi connectivity index (χ0) is 20.2. The number of alkyl halides is 3. The van der Waals surface area contributed by atoms with Crippen LogP contribution in [-0.2, 0) is 22.0 Å². The standard InChI is InChI=1S/C19H27F3N2O2S2/c20-19(21,22)17-7-5-16(6-8-17)15-28(25,26)24-11-4-12-27-14-18(24)13-23-9-2-1-3-10-23/h5-8,18H,1-4,9-15H2. The Balaban J connectivity index is 1.72. The zero-order valence-electron chi connectivity index (χ0n) is 15.8. The average Bonchev–Trinajstić information content (AvgIpc) is 2.88. The second-order valence-electron chi connectivity index (χ2n) is 7.51. The number of nitrogens with zero attached hydrogens (tertiary/aromatic N) is 2. The minimum Gasteiger partial charge on any atom is -0.302 e. The lowest BCUT2D eigenvalue weighted by molar-refractivity contribution is -0.137. The van der Waals surface area contributed by atoms with Crippen LogP contribution in [0.25, 0.3) is 0 Å². The van der Waals surface area contributed by atoms with Gasteiger partial charge in [0.15, 0.2) is 0 Å². The third kappa shape index (κ3) is 5.87. The van der Waals surface area contributed by atoms with Crippen molar-refractivity contribution in [2.24, 2.45) is 0 Å². The monoisotopic (exact) mass is 436 g/mol. The van der Waals surface area contributed by atoms with Crippen LogP contribution in [0.3, 0.4) is 0 Å². The number of rotatable bonds is 5. The van der Waals surface area contributed by atoms with Gasteiger partial charge < -0.3 is 4.90 Å². The van der Waals surface area contributed by atoms with Crippen LogP contribution in [0, 0.1) is 0 Å². The summed E-state index contributed by atoms with van der Waals surface area (Å²) in [4.78, 5) is 2.35. The zero-order valence-corrected chi connectivity index (χ0v) is 17.5. The number of likely N-dealkylation sites (tertiary alicyclic amines) is 1. The summed E-state index contributed by atoms with van der Waals surface area (Å²) in [6.07, 6.45) is -0.0887. The van der Waals surface area contributed by atoms with E-state index in [4.69, 9.17) is 0 Å². The Morgan fingerprint density at radius 3 is 2.32 bits per heavy atom. The highest BCUT2D eigenvalue weighted by Crippen LogP contribution is 2.30. The second-order valence-corrected chi connectivity index (χ2v) is 10.6. The highest BCUT2D eigenvalue weighted by Gasteiger charge is 2.34. The summed E-state index contributed by atoms with van der Waals surface area (Å²) >= 11 is 1.79. The lowest BCUT2D eigenvalue weighted by Crippen LogP contribution is -2.49. The molecule has 2 heterocycles. The average molecular weight is 437 g/mol. The molecule has 0 aromatic heterocycles. The van der Waals surface area contributed by atoms with Crippen LogP contribution in [0.5, 0.6) is 0 Å². The first-order valence-corrected chi connectivity index (χ1v) is 12.5. The van der Waals surface area contributed by atoms with E-state index in [9.17, 15) is 21.6 Å². The van der Waals surface area contributed by atoms with Crippen molar-refractivity contribution in [3.63, 3.8) is 0 Å². The molecule has 9 heteroatoms. The van der Waals surface area contributed by atoms with Gasteiger partial charge in [-0.3, -0.25) is 0 Å². The number of hydrogen-bond donors (Lipinski definition) is 0. The molecule has 1 unspecified atom stereocenters. The van der Waals surface area contributed by atoms with Gasteiger partial charge in [0, 0.05) is 24.9 Å². The van der Waals surface area contributed by atoms with Crippen molar-refractivity contribution in [2.75, 3.05) is 37.7 Å². The van der Waals surface area contributed by atoms with Gasteiger partial charge >= 0.3 is 6.18 Å². The van der Waals surface area contributed by atoms with Crippen LogP contribution < -0.4 is 0 Å². The Morgan fingerprint density at radius 1 is 1.00 bits per heavy atom. The molecule has 2 saturated heterocycles. The first-order chi connectivity index (χ1) is 13.3. The highest BCUT2D eigenvalue weighted by molar-refractivity contribution is 7.99.